The van der Waals surface area contributed by atoms with Gasteiger partial charge in [-0.1, -0.05) is 34.6 Å². The Morgan fingerprint density at radius 1 is 1.19 bits per heavy atom. The summed E-state index contributed by atoms with van der Waals surface area (Å²) < 4.78 is 28.8. The highest BCUT2D eigenvalue weighted by Gasteiger charge is 2.41. The number of hydrogen-bond acceptors (Lipinski definition) is 6. The average molecular weight is 460 g/mol. The molecule has 0 saturated heterocycles. The van der Waals surface area contributed by atoms with Gasteiger partial charge < -0.3 is 20.3 Å². The van der Waals surface area contributed by atoms with Gasteiger partial charge >= 0.3 is 5.97 Å². The Kier molecular flexibility index (Phi) is 8.76. The number of rotatable bonds is 10. The summed E-state index contributed by atoms with van der Waals surface area (Å²) in [6.45, 7) is 8.83. The van der Waals surface area contributed by atoms with E-state index in [0.29, 0.717) is 0 Å². The van der Waals surface area contributed by atoms with Crippen LogP contribution in [0, 0.1) is 17.3 Å². The lowest BCUT2D eigenvalue weighted by atomic mass is 9.84. The van der Waals surface area contributed by atoms with E-state index in [0.717, 1.165) is 0 Å². The summed E-state index contributed by atoms with van der Waals surface area (Å²) in [6.07, 6.45) is 2.57. The molecule has 1 heterocycles. The Labute approximate surface area is 183 Å². The first kappa shape index (κ1) is 26.6. The normalized spacial score (nSPS) is 15.2. The number of likely N-dealkylation sites (N-methyl/N-ethyl adjacent to an activating group) is 1. The van der Waals surface area contributed by atoms with Crippen LogP contribution in [0.1, 0.15) is 41.0 Å². The molecular weight excluding hydrogens is 426 g/mol. The molecule has 1 aromatic rings. The number of aliphatic carboxylic acids is 1. The number of aromatic nitrogens is 2. The van der Waals surface area contributed by atoms with Crippen LogP contribution in [-0.2, 0) is 31.5 Å². The molecule has 0 aliphatic rings. The number of sulfonamides is 1. The van der Waals surface area contributed by atoms with Gasteiger partial charge in [0, 0.05) is 20.3 Å². The van der Waals surface area contributed by atoms with Crippen molar-refractivity contribution < 1.29 is 27.9 Å². The lowest BCUT2D eigenvalue weighted by Gasteiger charge is -2.33. The number of carbonyl (C=O) groups excluding carboxylic acids is 2. The number of imidazole rings is 1. The van der Waals surface area contributed by atoms with E-state index in [4.69, 9.17) is 0 Å². The Morgan fingerprint density at radius 2 is 1.77 bits per heavy atom. The zero-order chi connectivity index (χ0) is 24.1. The Hall–Kier alpha value is -2.47. The van der Waals surface area contributed by atoms with Crippen LogP contribution >= 0.6 is 0 Å². The van der Waals surface area contributed by atoms with Gasteiger partial charge in [-0.2, -0.15) is 4.72 Å². The highest BCUT2D eigenvalue weighted by Crippen LogP contribution is 2.23. The van der Waals surface area contributed by atoms with E-state index >= 15 is 0 Å². The van der Waals surface area contributed by atoms with Gasteiger partial charge in [0.05, 0.1) is 12.2 Å². The van der Waals surface area contributed by atoms with Crippen molar-refractivity contribution in [3.63, 3.8) is 0 Å². The lowest BCUT2D eigenvalue weighted by molar-refractivity contribution is -0.144. The molecule has 0 spiro atoms. The molecule has 31 heavy (non-hydrogen) atoms. The molecule has 0 aromatic carbocycles. The lowest BCUT2D eigenvalue weighted by Crippen LogP contribution is -2.58. The zero-order valence-corrected chi connectivity index (χ0v) is 19.8. The summed E-state index contributed by atoms with van der Waals surface area (Å²) in [5.41, 5.74) is -0.662. The fraction of sp³-hybridized carbons (Fsp3) is 0.684. The van der Waals surface area contributed by atoms with Crippen molar-refractivity contribution in [1.82, 2.24) is 24.9 Å². The van der Waals surface area contributed by atoms with Crippen molar-refractivity contribution in [1.29, 1.82) is 0 Å². The van der Waals surface area contributed by atoms with E-state index in [1.165, 1.54) is 24.1 Å². The summed E-state index contributed by atoms with van der Waals surface area (Å²) in [5, 5.41) is 14.5. The predicted molar refractivity (Wildman–Crippen MR) is 113 cm³/mol. The standard InChI is InChI=1S/C19H33N5O6S/c1-11(2)8-12(16(25)22-15(17(26)20-6)19(3,4)5)14(18(27)28)23-31(29,30)13-9-24(7)10-21-13/h9-12,14-15,23H,8H2,1-7H3,(H,20,26)(H,22,25)(H,27,28)/t12-,14+,15-/m1/s1. The molecule has 0 unspecified atom stereocenters. The number of nitrogens with one attached hydrogen (secondary N) is 3. The second-order valence-electron chi connectivity index (χ2n) is 8.97. The van der Waals surface area contributed by atoms with Gasteiger partial charge in [-0.15, -0.1) is 0 Å². The van der Waals surface area contributed by atoms with Crippen LogP contribution in [-0.4, -0.2) is 60.0 Å². The minimum Gasteiger partial charge on any atom is -0.480 e. The number of aryl methyl sites for hydroxylation is 1. The Bertz CT molecular complexity index is 903. The van der Waals surface area contributed by atoms with Crippen LogP contribution in [0.3, 0.4) is 0 Å². The number of carbonyl (C=O) groups is 3. The molecule has 176 valence electrons. The quantitative estimate of drug-likeness (QED) is 0.386. The molecule has 11 nitrogen and oxygen atoms in total. The first-order chi connectivity index (χ1) is 14.1. The predicted octanol–water partition coefficient (Wildman–Crippen LogP) is 0.0908. The molecular formula is C19H33N5O6S. The van der Waals surface area contributed by atoms with Crippen molar-refractivity contribution in [3.8, 4) is 0 Å². The van der Waals surface area contributed by atoms with Crippen LogP contribution in [0.4, 0.5) is 0 Å². The molecule has 0 bridgehead atoms. The summed E-state index contributed by atoms with van der Waals surface area (Å²) in [7, 11) is -1.30. The summed E-state index contributed by atoms with van der Waals surface area (Å²) in [6, 6.07) is -2.69. The van der Waals surface area contributed by atoms with Gasteiger partial charge in [0.2, 0.25) is 11.8 Å². The van der Waals surface area contributed by atoms with Crippen molar-refractivity contribution in [2.45, 2.75) is 58.1 Å². The molecule has 3 atom stereocenters. The van der Waals surface area contributed by atoms with Crippen molar-refractivity contribution in [2.24, 2.45) is 24.3 Å². The van der Waals surface area contributed by atoms with Gasteiger partial charge in [-0.3, -0.25) is 14.4 Å². The largest absolute Gasteiger partial charge is 0.480 e. The van der Waals surface area contributed by atoms with Crippen molar-refractivity contribution >= 4 is 27.8 Å². The molecule has 0 fully saturated rings. The average Bonchev–Trinajstić information content (AvgIpc) is 3.07. The van der Waals surface area contributed by atoms with Crippen LogP contribution in [0.15, 0.2) is 17.6 Å². The van der Waals surface area contributed by atoms with E-state index in [1.807, 2.05) is 0 Å². The van der Waals surface area contributed by atoms with Crippen molar-refractivity contribution in [3.05, 3.63) is 12.5 Å². The maximum absolute atomic E-state index is 13.1. The van der Waals surface area contributed by atoms with E-state index < -0.39 is 51.2 Å². The third kappa shape index (κ3) is 7.31. The molecule has 12 heteroatoms. The molecule has 0 radical (unpaired) electrons. The topological polar surface area (TPSA) is 159 Å². The van der Waals surface area contributed by atoms with Gasteiger partial charge in [0.1, 0.15) is 12.1 Å². The number of carboxylic acid groups (broad SMARTS) is 1. The third-order valence-electron chi connectivity index (χ3n) is 4.63. The Morgan fingerprint density at radius 3 is 2.16 bits per heavy atom. The number of amides is 2. The minimum atomic E-state index is -4.30. The smallest absolute Gasteiger partial charge is 0.322 e. The maximum atomic E-state index is 13.1. The highest BCUT2D eigenvalue weighted by molar-refractivity contribution is 7.89. The van der Waals surface area contributed by atoms with Crippen molar-refractivity contribution in [2.75, 3.05) is 7.05 Å². The van der Waals surface area contributed by atoms with E-state index in [2.05, 4.69) is 20.3 Å². The summed E-state index contributed by atoms with van der Waals surface area (Å²) >= 11 is 0. The first-order valence-electron chi connectivity index (χ1n) is 9.85. The van der Waals surface area contributed by atoms with Crippen LogP contribution in [0.5, 0.6) is 0 Å². The highest BCUT2D eigenvalue weighted by atomic mass is 32.2. The third-order valence-corrected chi connectivity index (χ3v) is 5.96. The van der Waals surface area contributed by atoms with E-state index in [-0.39, 0.29) is 17.4 Å². The fourth-order valence-electron chi connectivity index (χ4n) is 3.03. The summed E-state index contributed by atoms with van der Waals surface area (Å²) in [5.74, 6) is -4.05. The molecule has 0 aliphatic heterocycles. The molecule has 4 N–H and O–H groups in total. The first-order valence-corrected chi connectivity index (χ1v) is 11.3. The van der Waals surface area contributed by atoms with Crippen LogP contribution < -0.4 is 15.4 Å². The van der Waals surface area contributed by atoms with Gasteiger partial charge in [0.25, 0.3) is 10.0 Å². The second kappa shape index (κ2) is 10.2. The molecule has 0 saturated carbocycles. The molecule has 1 aromatic heterocycles. The molecule has 0 aliphatic carbocycles. The maximum Gasteiger partial charge on any atom is 0.322 e. The second-order valence-corrected chi connectivity index (χ2v) is 10.6. The summed E-state index contributed by atoms with van der Waals surface area (Å²) in [4.78, 5) is 41.2. The SMILES string of the molecule is CNC(=O)[C@@H](NC(=O)[C@H](CC(C)C)[C@H](NS(=O)(=O)c1cn(C)cn1)C(=O)O)C(C)(C)C. The van der Waals surface area contributed by atoms with Crippen LogP contribution in [0.2, 0.25) is 0 Å². The number of nitrogens with zero attached hydrogens (tertiary/aromatic N) is 2. The number of carboxylic acids is 1. The molecule has 2 amide bonds. The van der Waals surface area contributed by atoms with Gasteiger partial charge in [-0.25, -0.2) is 13.4 Å². The monoisotopic (exact) mass is 459 g/mol. The van der Waals surface area contributed by atoms with Gasteiger partial charge in [-0.05, 0) is 17.8 Å². The number of hydrogen-bond donors (Lipinski definition) is 4. The van der Waals surface area contributed by atoms with Gasteiger partial charge in [0.15, 0.2) is 5.03 Å². The fourth-order valence-corrected chi connectivity index (χ4v) is 4.24. The zero-order valence-electron chi connectivity index (χ0n) is 19.0. The van der Waals surface area contributed by atoms with E-state index in [9.17, 15) is 27.9 Å². The molecule has 1 rings (SSSR count). The van der Waals surface area contributed by atoms with Crippen LogP contribution in [0.25, 0.3) is 0 Å². The Balaban J connectivity index is 3.30. The van der Waals surface area contributed by atoms with E-state index in [1.54, 1.807) is 41.7 Å². The minimum absolute atomic E-state index is 0.0815.